The minimum absolute atomic E-state index is 0.0370. The number of pyridine rings is 1. The average molecular weight is 291 g/mol. The molecule has 2 N–H and O–H groups in total. The number of hydrogen-bond donors (Lipinski definition) is 2. The fourth-order valence-corrected chi connectivity index (χ4v) is 2.37. The minimum Gasteiger partial charge on any atom is -0.478 e. The number of carboxylic acid groups (broad SMARTS) is 1. The van der Waals surface area contributed by atoms with Crippen molar-refractivity contribution in [2.24, 2.45) is 5.92 Å². The first-order valence-corrected chi connectivity index (χ1v) is 6.73. The van der Waals surface area contributed by atoms with Crippen LogP contribution in [0.5, 0.6) is 0 Å². The third-order valence-corrected chi connectivity index (χ3v) is 3.52. The van der Waals surface area contributed by atoms with Crippen molar-refractivity contribution >= 4 is 23.6 Å². The lowest BCUT2D eigenvalue weighted by atomic mass is 9.97. The Labute approximate surface area is 122 Å². The van der Waals surface area contributed by atoms with Crippen molar-refractivity contribution in [3.05, 3.63) is 23.9 Å². The Kier molecular flexibility index (Phi) is 4.52. The first kappa shape index (κ1) is 15.0. The zero-order chi connectivity index (χ0) is 15.4. The predicted molar refractivity (Wildman–Crippen MR) is 74.8 cm³/mol. The number of hydrogen-bond acceptors (Lipinski definition) is 4. The lowest BCUT2D eigenvalue weighted by Crippen LogP contribution is -2.43. The van der Waals surface area contributed by atoms with E-state index in [4.69, 9.17) is 5.11 Å². The minimum atomic E-state index is -1.15. The number of piperidine rings is 1. The third-order valence-electron chi connectivity index (χ3n) is 3.52. The number of carbonyl (C=O) groups is 3. The maximum absolute atomic E-state index is 12.2. The molecule has 0 spiro atoms. The van der Waals surface area contributed by atoms with Gasteiger partial charge in [0.25, 0.3) is 0 Å². The molecule has 0 saturated carbocycles. The van der Waals surface area contributed by atoms with E-state index in [1.165, 1.54) is 25.3 Å². The van der Waals surface area contributed by atoms with Gasteiger partial charge in [-0.3, -0.25) is 9.59 Å². The molecule has 21 heavy (non-hydrogen) atoms. The zero-order valence-corrected chi connectivity index (χ0v) is 11.7. The number of carboxylic acids is 1. The molecule has 0 aliphatic carbocycles. The maximum atomic E-state index is 12.2. The smallest absolute Gasteiger partial charge is 0.339 e. The third kappa shape index (κ3) is 3.56. The second-order valence-corrected chi connectivity index (χ2v) is 5.00. The molecule has 2 heterocycles. The molecule has 1 aromatic rings. The fraction of sp³-hybridized carbons (Fsp3) is 0.429. The van der Waals surface area contributed by atoms with Crippen LogP contribution in [0.15, 0.2) is 18.3 Å². The molecular formula is C14H17N3O4. The summed E-state index contributed by atoms with van der Waals surface area (Å²) in [5, 5.41) is 11.6. The van der Waals surface area contributed by atoms with Crippen LogP contribution in [0, 0.1) is 5.92 Å². The van der Waals surface area contributed by atoms with Crippen molar-refractivity contribution in [3.8, 4) is 0 Å². The molecular weight excluding hydrogens is 274 g/mol. The van der Waals surface area contributed by atoms with Gasteiger partial charge in [0.05, 0.1) is 5.92 Å². The van der Waals surface area contributed by atoms with Gasteiger partial charge in [-0.15, -0.1) is 0 Å². The van der Waals surface area contributed by atoms with Crippen molar-refractivity contribution < 1.29 is 19.5 Å². The summed E-state index contributed by atoms with van der Waals surface area (Å²) in [4.78, 5) is 40.2. The van der Waals surface area contributed by atoms with E-state index in [9.17, 15) is 14.4 Å². The van der Waals surface area contributed by atoms with Gasteiger partial charge >= 0.3 is 5.97 Å². The summed E-state index contributed by atoms with van der Waals surface area (Å²) >= 11 is 0. The van der Waals surface area contributed by atoms with E-state index in [0.717, 1.165) is 6.42 Å². The van der Waals surface area contributed by atoms with Crippen molar-refractivity contribution in [1.82, 2.24) is 9.88 Å². The molecule has 1 fully saturated rings. The molecule has 7 heteroatoms. The SMILES string of the molecule is CC(=O)N1CCCC(C(=O)Nc2ncccc2C(=O)O)C1. The summed E-state index contributed by atoms with van der Waals surface area (Å²) in [5.41, 5.74) is -0.0508. The molecule has 1 aliphatic heterocycles. The van der Waals surface area contributed by atoms with Crippen LogP contribution in [-0.4, -0.2) is 45.9 Å². The number of anilines is 1. The molecule has 112 valence electrons. The van der Waals surface area contributed by atoms with E-state index in [1.807, 2.05) is 0 Å². The molecule has 7 nitrogen and oxygen atoms in total. The summed E-state index contributed by atoms with van der Waals surface area (Å²) in [7, 11) is 0. The molecule has 0 radical (unpaired) electrons. The van der Waals surface area contributed by atoms with Gasteiger partial charge in [-0.05, 0) is 25.0 Å². The molecule has 1 atom stereocenters. The Morgan fingerprint density at radius 3 is 2.86 bits per heavy atom. The fourth-order valence-electron chi connectivity index (χ4n) is 2.37. The van der Waals surface area contributed by atoms with Crippen LogP contribution in [0.1, 0.15) is 30.1 Å². The number of carbonyl (C=O) groups excluding carboxylic acids is 2. The van der Waals surface area contributed by atoms with Gasteiger partial charge in [-0.2, -0.15) is 0 Å². The Hall–Kier alpha value is -2.44. The maximum Gasteiger partial charge on any atom is 0.339 e. The predicted octanol–water partition coefficient (Wildman–Crippen LogP) is 0.977. The van der Waals surface area contributed by atoms with E-state index in [-0.39, 0.29) is 29.1 Å². The van der Waals surface area contributed by atoms with E-state index >= 15 is 0 Å². The van der Waals surface area contributed by atoms with Crippen molar-refractivity contribution in [2.45, 2.75) is 19.8 Å². The summed E-state index contributed by atoms with van der Waals surface area (Å²) < 4.78 is 0. The highest BCUT2D eigenvalue weighted by Crippen LogP contribution is 2.19. The Morgan fingerprint density at radius 1 is 1.43 bits per heavy atom. The summed E-state index contributed by atoms with van der Waals surface area (Å²) in [6.07, 6.45) is 2.85. The number of aromatic carboxylic acids is 1. The largest absolute Gasteiger partial charge is 0.478 e. The number of nitrogens with one attached hydrogen (secondary N) is 1. The van der Waals surface area contributed by atoms with Crippen molar-refractivity contribution in [1.29, 1.82) is 0 Å². The van der Waals surface area contributed by atoms with Crippen LogP contribution < -0.4 is 5.32 Å². The van der Waals surface area contributed by atoms with Gasteiger partial charge in [0.2, 0.25) is 11.8 Å². The van der Waals surface area contributed by atoms with Gasteiger partial charge in [-0.1, -0.05) is 0 Å². The Morgan fingerprint density at radius 2 is 2.19 bits per heavy atom. The van der Waals surface area contributed by atoms with E-state index < -0.39 is 5.97 Å². The van der Waals surface area contributed by atoms with Crippen LogP contribution in [-0.2, 0) is 9.59 Å². The number of likely N-dealkylation sites (tertiary alicyclic amines) is 1. The molecule has 1 saturated heterocycles. The van der Waals surface area contributed by atoms with E-state index in [1.54, 1.807) is 4.90 Å². The van der Waals surface area contributed by atoms with Crippen LogP contribution in [0.25, 0.3) is 0 Å². The summed E-state index contributed by atoms with van der Waals surface area (Å²) in [6, 6.07) is 2.88. The summed E-state index contributed by atoms with van der Waals surface area (Å²) in [5.74, 6) is -1.81. The lowest BCUT2D eigenvalue weighted by Gasteiger charge is -2.31. The van der Waals surface area contributed by atoms with Gasteiger partial charge in [0, 0.05) is 26.2 Å². The Bertz CT molecular complexity index is 573. The van der Waals surface area contributed by atoms with Gasteiger partial charge < -0.3 is 15.3 Å². The number of rotatable bonds is 3. The quantitative estimate of drug-likeness (QED) is 0.864. The number of nitrogens with zero attached hydrogens (tertiary/aromatic N) is 2. The standard InChI is InChI=1S/C14H17N3O4/c1-9(18)17-7-3-4-10(8-17)13(19)16-12-11(14(20)21)5-2-6-15-12/h2,5-6,10H,3-4,7-8H2,1H3,(H,20,21)(H,15,16,19). The molecule has 2 amide bonds. The topological polar surface area (TPSA) is 99.6 Å². The van der Waals surface area contributed by atoms with Crippen LogP contribution in [0.4, 0.5) is 5.82 Å². The van der Waals surface area contributed by atoms with Crippen molar-refractivity contribution in [2.75, 3.05) is 18.4 Å². The average Bonchev–Trinajstić information content (AvgIpc) is 2.47. The van der Waals surface area contributed by atoms with Crippen LogP contribution in [0.2, 0.25) is 0 Å². The summed E-state index contributed by atoms with van der Waals surface area (Å²) in [6.45, 7) is 2.49. The van der Waals surface area contributed by atoms with Crippen LogP contribution >= 0.6 is 0 Å². The lowest BCUT2D eigenvalue weighted by molar-refractivity contribution is -0.132. The molecule has 2 rings (SSSR count). The first-order chi connectivity index (χ1) is 9.99. The number of amides is 2. The van der Waals surface area contributed by atoms with Gasteiger partial charge in [0.1, 0.15) is 11.4 Å². The molecule has 0 bridgehead atoms. The first-order valence-electron chi connectivity index (χ1n) is 6.73. The van der Waals surface area contributed by atoms with E-state index in [0.29, 0.717) is 19.5 Å². The second kappa shape index (κ2) is 6.34. The molecule has 1 aliphatic rings. The molecule has 0 aromatic carbocycles. The molecule has 1 aromatic heterocycles. The Balaban J connectivity index is 2.08. The zero-order valence-electron chi connectivity index (χ0n) is 11.7. The van der Waals surface area contributed by atoms with Crippen LogP contribution in [0.3, 0.4) is 0 Å². The highest BCUT2D eigenvalue weighted by Gasteiger charge is 2.28. The highest BCUT2D eigenvalue weighted by molar-refractivity contribution is 6.00. The normalized spacial score (nSPS) is 18.1. The highest BCUT2D eigenvalue weighted by atomic mass is 16.4. The monoisotopic (exact) mass is 291 g/mol. The number of aromatic nitrogens is 1. The van der Waals surface area contributed by atoms with Gasteiger partial charge in [0.15, 0.2) is 0 Å². The molecule has 1 unspecified atom stereocenters. The van der Waals surface area contributed by atoms with E-state index in [2.05, 4.69) is 10.3 Å². The van der Waals surface area contributed by atoms with Crippen molar-refractivity contribution in [3.63, 3.8) is 0 Å². The van der Waals surface area contributed by atoms with Gasteiger partial charge in [-0.25, -0.2) is 9.78 Å². The second-order valence-electron chi connectivity index (χ2n) is 5.00.